The molecule has 0 bridgehead atoms. The van der Waals surface area contributed by atoms with Crippen LogP contribution < -0.4 is 15.4 Å². The van der Waals surface area contributed by atoms with Crippen molar-refractivity contribution < 1.29 is 14.3 Å². The molecule has 2 amide bonds. The number of benzene rings is 2. The van der Waals surface area contributed by atoms with E-state index in [0.717, 1.165) is 27.2 Å². The fourth-order valence-corrected chi connectivity index (χ4v) is 3.47. The summed E-state index contributed by atoms with van der Waals surface area (Å²) >= 11 is 1.39. The Kier molecular flexibility index (Phi) is 6.16. The second kappa shape index (κ2) is 8.75. The van der Waals surface area contributed by atoms with Crippen LogP contribution in [0.4, 0.5) is 11.4 Å². The van der Waals surface area contributed by atoms with E-state index in [1.807, 2.05) is 25.1 Å². The van der Waals surface area contributed by atoms with Crippen LogP contribution in [0.1, 0.15) is 12.5 Å². The number of hydrogen-bond donors (Lipinski definition) is 2. The Balaban J connectivity index is 1.63. The van der Waals surface area contributed by atoms with Crippen LogP contribution >= 0.6 is 11.8 Å². The van der Waals surface area contributed by atoms with E-state index in [1.54, 1.807) is 31.4 Å². The molecule has 2 N–H and O–H groups in total. The lowest BCUT2D eigenvalue weighted by molar-refractivity contribution is -0.114. The Labute approximate surface area is 167 Å². The molecule has 28 heavy (non-hydrogen) atoms. The minimum absolute atomic E-state index is 0.121. The first kappa shape index (κ1) is 19.7. The van der Waals surface area contributed by atoms with E-state index in [2.05, 4.69) is 21.7 Å². The molecule has 1 heterocycles. The van der Waals surface area contributed by atoms with Gasteiger partial charge in [-0.25, -0.2) is 4.98 Å². The topological polar surface area (TPSA) is 80.3 Å². The molecular weight excluding hydrogens is 374 g/mol. The molecule has 144 valence electrons. The Hall–Kier alpha value is -3.06. The molecule has 0 aliphatic carbocycles. The normalized spacial score (nSPS) is 10.5. The third kappa shape index (κ3) is 5.01. The zero-order chi connectivity index (χ0) is 20.1. The number of ether oxygens (including phenoxy) is 1. The number of nitrogens with one attached hydrogen (secondary N) is 2. The first-order valence-electron chi connectivity index (χ1n) is 8.70. The quantitative estimate of drug-likeness (QED) is 0.610. The predicted molar refractivity (Wildman–Crippen MR) is 113 cm³/mol. The second-order valence-electron chi connectivity index (χ2n) is 6.26. The maximum atomic E-state index is 12.3. The van der Waals surface area contributed by atoms with Crippen LogP contribution in [-0.4, -0.2) is 29.7 Å². The van der Waals surface area contributed by atoms with Crippen molar-refractivity contribution in [3.8, 4) is 5.75 Å². The molecular formula is C21H21N3O3S. The van der Waals surface area contributed by atoms with Crippen LogP contribution in [0.15, 0.2) is 53.6 Å². The lowest BCUT2D eigenvalue weighted by atomic mass is 10.2. The maximum absolute atomic E-state index is 12.3. The van der Waals surface area contributed by atoms with Crippen LogP contribution in [0.5, 0.6) is 5.75 Å². The summed E-state index contributed by atoms with van der Waals surface area (Å²) in [5, 5.41) is 7.39. The highest BCUT2D eigenvalue weighted by Crippen LogP contribution is 2.27. The van der Waals surface area contributed by atoms with Gasteiger partial charge in [-0.3, -0.25) is 9.59 Å². The number of aromatic nitrogens is 1. The van der Waals surface area contributed by atoms with Crippen LogP contribution in [-0.2, 0) is 9.59 Å². The van der Waals surface area contributed by atoms with Gasteiger partial charge in [-0.1, -0.05) is 11.8 Å². The van der Waals surface area contributed by atoms with Crippen molar-refractivity contribution >= 4 is 45.9 Å². The average Bonchev–Trinajstić information content (AvgIpc) is 2.67. The number of thioether (sulfide) groups is 1. The van der Waals surface area contributed by atoms with Gasteiger partial charge < -0.3 is 15.4 Å². The fourth-order valence-electron chi connectivity index (χ4n) is 2.68. The van der Waals surface area contributed by atoms with Crippen LogP contribution in [0.2, 0.25) is 0 Å². The van der Waals surface area contributed by atoms with Crippen molar-refractivity contribution in [3.05, 3.63) is 54.1 Å². The molecule has 1 aromatic heterocycles. The number of methoxy groups -OCH3 is 1. The van der Waals surface area contributed by atoms with E-state index in [1.165, 1.54) is 18.7 Å². The number of amides is 2. The molecule has 0 atom stereocenters. The van der Waals surface area contributed by atoms with Gasteiger partial charge in [0.2, 0.25) is 11.8 Å². The van der Waals surface area contributed by atoms with E-state index < -0.39 is 0 Å². The zero-order valence-corrected chi connectivity index (χ0v) is 16.7. The van der Waals surface area contributed by atoms with Gasteiger partial charge in [0.25, 0.3) is 0 Å². The van der Waals surface area contributed by atoms with Gasteiger partial charge in [-0.05, 0) is 55.0 Å². The number of fused-ring (bicyclic) bond motifs is 1. The maximum Gasteiger partial charge on any atom is 0.234 e. The van der Waals surface area contributed by atoms with Gasteiger partial charge in [-0.15, -0.1) is 0 Å². The predicted octanol–water partition coefficient (Wildman–Crippen LogP) is 4.24. The summed E-state index contributed by atoms with van der Waals surface area (Å²) in [5.74, 6) is 0.741. The van der Waals surface area contributed by atoms with Gasteiger partial charge in [0, 0.05) is 29.8 Å². The number of anilines is 2. The third-order valence-corrected chi connectivity index (χ3v) is 5.09. The molecule has 0 fully saturated rings. The van der Waals surface area contributed by atoms with Crippen LogP contribution in [0, 0.1) is 6.92 Å². The smallest absolute Gasteiger partial charge is 0.234 e. The van der Waals surface area contributed by atoms with E-state index in [9.17, 15) is 9.59 Å². The number of hydrogen-bond acceptors (Lipinski definition) is 5. The molecule has 0 spiro atoms. The van der Waals surface area contributed by atoms with Crippen molar-refractivity contribution in [2.45, 2.75) is 18.9 Å². The molecule has 0 aliphatic rings. The van der Waals surface area contributed by atoms with Crippen molar-refractivity contribution in [2.24, 2.45) is 0 Å². The fraction of sp³-hybridized carbons (Fsp3) is 0.190. The van der Waals surface area contributed by atoms with Crippen LogP contribution in [0.3, 0.4) is 0 Å². The van der Waals surface area contributed by atoms with E-state index >= 15 is 0 Å². The molecule has 0 radical (unpaired) electrons. The molecule has 0 aliphatic heterocycles. The summed E-state index contributed by atoms with van der Waals surface area (Å²) < 4.78 is 5.25. The number of carbonyl (C=O) groups excluding carboxylic acids is 2. The van der Waals surface area contributed by atoms with Crippen LogP contribution in [0.25, 0.3) is 10.9 Å². The summed E-state index contributed by atoms with van der Waals surface area (Å²) in [7, 11) is 1.62. The summed E-state index contributed by atoms with van der Waals surface area (Å²) in [4.78, 5) is 28.0. The number of rotatable bonds is 6. The van der Waals surface area contributed by atoms with Crippen molar-refractivity contribution in [1.82, 2.24) is 4.98 Å². The Bertz CT molecular complexity index is 1020. The molecule has 3 rings (SSSR count). The summed E-state index contributed by atoms with van der Waals surface area (Å²) in [6.45, 7) is 3.43. The van der Waals surface area contributed by atoms with Gasteiger partial charge in [0.15, 0.2) is 0 Å². The monoisotopic (exact) mass is 395 g/mol. The second-order valence-corrected chi connectivity index (χ2v) is 7.23. The first-order valence-corrected chi connectivity index (χ1v) is 9.69. The minimum Gasteiger partial charge on any atom is -0.497 e. The highest BCUT2D eigenvalue weighted by molar-refractivity contribution is 8.00. The standard InChI is InChI=1S/C21H21N3O3S/c1-13-10-15-4-9-18(27-3)11-19(15)24-21(13)28-12-20(26)23-17-7-5-16(6-8-17)22-14(2)25/h4-11H,12H2,1-3H3,(H,22,25)(H,23,26). The first-order chi connectivity index (χ1) is 13.4. The van der Waals surface area contributed by atoms with E-state index in [4.69, 9.17) is 4.74 Å². The molecule has 0 unspecified atom stereocenters. The number of carbonyl (C=O) groups is 2. The Morgan fingerprint density at radius 3 is 2.36 bits per heavy atom. The molecule has 7 heteroatoms. The van der Waals surface area contributed by atoms with Crippen molar-refractivity contribution in [1.29, 1.82) is 0 Å². The SMILES string of the molecule is COc1ccc2cc(C)c(SCC(=O)Nc3ccc(NC(C)=O)cc3)nc2c1. The lowest BCUT2D eigenvalue weighted by Crippen LogP contribution is -2.14. The number of aryl methyl sites for hydroxylation is 1. The molecule has 0 saturated heterocycles. The van der Waals surface area contributed by atoms with Gasteiger partial charge in [-0.2, -0.15) is 0 Å². The minimum atomic E-state index is -0.135. The Morgan fingerprint density at radius 1 is 1.04 bits per heavy atom. The van der Waals surface area contributed by atoms with E-state index in [0.29, 0.717) is 11.4 Å². The molecule has 6 nitrogen and oxygen atoms in total. The molecule has 2 aromatic carbocycles. The highest BCUT2D eigenvalue weighted by Gasteiger charge is 2.09. The largest absolute Gasteiger partial charge is 0.497 e. The van der Waals surface area contributed by atoms with Crippen molar-refractivity contribution in [3.63, 3.8) is 0 Å². The van der Waals surface area contributed by atoms with Gasteiger partial charge >= 0.3 is 0 Å². The lowest BCUT2D eigenvalue weighted by Gasteiger charge is -2.09. The molecule has 0 saturated carbocycles. The highest BCUT2D eigenvalue weighted by atomic mass is 32.2. The summed E-state index contributed by atoms with van der Waals surface area (Å²) in [6.07, 6.45) is 0. The zero-order valence-electron chi connectivity index (χ0n) is 15.9. The molecule has 3 aromatic rings. The average molecular weight is 395 g/mol. The summed E-state index contributed by atoms with van der Waals surface area (Å²) in [6, 6.07) is 14.8. The Morgan fingerprint density at radius 2 is 1.71 bits per heavy atom. The van der Waals surface area contributed by atoms with Crippen molar-refractivity contribution in [2.75, 3.05) is 23.5 Å². The third-order valence-electron chi connectivity index (χ3n) is 4.00. The van der Waals surface area contributed by atoms with Gasteiger partial charge in [0.1, 0.15) is 10.8 Å². The van der Waals surface area contributed by atoms with Gasteiger partial charge in [0.05, 0.1) is 18.4 Å². The number of nitrogens with zero attached hydrogens (tertiary/aromatic N) is 1. The number of pyridine rings is 1. The summed E-state index contributed by atoms with van der Waals surface area (Å²) in [5.41, 5.74) is 3.22. The van der Waals surface area contributed by atoms with E-state index in [-0.39, 0.29) is 17.6 Å².